The molecule has 0 atom stereocenters. The van der Waals surface area contributed by atoms with E-state index in [0.29, 0.717) is 85.2 Å². The lowest BCUT2D eigenvalue weighted by Gasteiger charge is -2.26. The quantitative estimate of drug-likeness (QED) is 0.0499. The van der Waals surface area contributed by atoms with Crippen LogP contribution >= 0.6 is 0 Å². The molecule has 12 heteroatoms. The van der Waals surface area contributed by atoms with Crippen LogP contribution in [0, 0.1) is 0 Å². The van der Waals surface area contributed by atoms with Crippen LogP contribution in [0.15, 0.2) is 78.9 Å². The number of ether oxygens (including phenoxy) is 12. The van der Waals surface area contributed by atoms with Crippen molar-refractivity contribution in [3.8, 4) is 80.1 Å². The van der Waals surface area contributed by atoms with Gasteiger partial charge in [-0.1, -0.05) is 71.9 Å². The van der Waals surface area contributed by atoms with Gasteiger partial charge < -0.3 is 56.8 Å². The Labute approximate surface area is 452 Å². The first kappa shape index (κ1) is 64.8. The summed E-state index contributed by atoms with van der Waals surface area (Å²) in [6.07, 6.45) is 0.886. The SMILES string of the molecule is CCOc1cc(OCC)c(-c2ccccc2)c(OCC)c1.CCOc1cc(OCC)c(C(C)(C)C)c(OCC)c1.CCOc1cc(OCC)c(C(C)C)c(OCC)c1.CCOc1cc(OCC)c(CC)c(OCC)c1. The van der Waals surface area contributed by atoms with Gasteiger partial charge in [-0.05, 0) is 106 Å². The van der Waals surface area contributed by atoms with Gasteiger partial charge in [0.1, 0.15) is 69.0 Å². The van der Waals surface area contributed by atoms with Crippen LogP contribution in [0.1, 0.15) is 147 Å². The van der Waals surface area contributed by atoms with Gasteiger partial charge in [-0.2, -0.15) is 0 Å². The van der Waals surface area contributed by atoms with Crippen molar-refractivity contribution in [3.05, 3.63) is 95.6 Å². The highest BCUT2D eigenvalue weighted by Gasteiger charge is 2.26. The van der Waals surface area contributed by atoms with Crippen LogP contribution in [-0.4, -0.2) is 79.3 Å². The molecule has 0 heterocycles. The summed E-state index contributed by atoms with van der Waals surface area (Å²) in [5, 5.41) is 0. The third kappa shape index (κ3) is 21.1. The molecule has 0 fully saturated rings. The molecule has 5 aromatic carbocycles. The standard InChI is InChI=1S/C18H22O3.C16H26O3.C15H24O3.C14H22O3/c1-4-19-15-12-16(20-5-2)18(17(13-15)21-6-3)14-10-8-7-9-11-14;1-7-17-12-10-13(18-8-2)15(16(4,5)6)14(11-12)19-9-3;1-6-16-12-9-13(17-7-2)15(11(4)5)14(10-12)18-8-3;1-5-12-13(16-7-3)9-11(15-6-2)10-14(12)17-8-4/h7-13H,4-6H2,1-3H3;10-11H,7-9H2,1-6H3;9-11H,6-8H2,1-5H3;9-10H,5-8H2,1-4H3. The first-order valence-corrected chi connectivity index (χ1v) is 27.4. The monoisotopic (exact) mass is 1040 g/mol. The molecule has 75 heavy (non-hydrogen) atoms. The van der Waals surface area contributed by atoms with E-state index in [1.807, 2.05) is 150 Å². The number of benzene rings is 5. The summed E-state index contributed by atoms with van der Waals surface area (Å²) in [6, 6.07) is 25.7. The molecule has 0 aliphatic carbocycles. The molecule has 0 N–H and O–H groups in total. The highest BCUT2D eigenvalue weighted by Crippen LogP contribution is 2.44. The second-order valence-electron chi connectivity index (χ2n) is 17.6. The molecule has 0 amide bonds. The fraction of sp³-hybridized carbons (Fsp3) is 0.524. The van der Waals surface area contributed by atoms with Crippen molar-refractivity contribution in [2.45, 2.75) is 142 Å². The van der Waals surface area contributed by atoms with Crippen LogP contribution in [0.3, 0.4) is 0 Å². The van der Waals surface area contributed by atoms with Gasteiger partial charge in [0.15, 0.2) is 0 Å². The maximum atomic E-state index is 5.81. The Hall–Kier alpha value is -6.30. The third-order valence-corrected chi connectivity index (χ3v) is 10.7. The Morgan fingerprint density at radius 2 is 0.600 bits per heavy atom. The minimum atomic E-state index is -0.0419. The number of rotatable bonds is 27. The number of hydrogen-bond donors (Lipinski definition) is 0. The molecule has 0 aromatic heterocycles. The van der Waals surface area contributed by atoms with E-state index in [4.69, 9.17) is 56.8 Å². The summed E-state index contributed by atoms with van der Waals surface area (Å²) in [5.41, 5.74) is 5.33. The minimum absolute atomic E-state index is 0.0419. The normalized spacial score (nSPS) is 10.5. The topological polar surface area (TPSA) is 111 Å². The lowest BCUT2D eigenvalue weighted by Crippen LogP contribution is -2.16. The lowest BCUT2D eigenvalue weighted by atomic mass is 9.85. The number of hydrogen-bond acceptors (Lipinski definition) is 12. The van der Waals surface area contributed by atoms with E-state index in [1.54, 1.807) is 0 Å². The van der Waals surface area contributed by atoms with E-state index < -0.39 is 0 Å². The maximum absolute atomic E-state index is 5.81. The van der Waals surface area contributed by atoms with Gasteiger partial charge in [0.05, 0.1) is 84.8 Å². The van der Waals surface area contributed by atoms with Gasteiger partial charge in [0.2, 0.25) is 0 Å². The van der Waals surface area contributed by atoms with Gasteiger partial charge in [-0.25, -0.2) is 0 Å². The van der Waals surface area contributed by atoms with Crippen molar-refractivity contribution in [1.29, 1.82) is 0 Å². The smallest absolute Gasteiger partial charge is 0.134 e. The Morgan fingerprint density at radius 1 is 0.333 bits per heavy atom. The molecule has 0 bridgehead atoms. The van der Waals surface area contributed by atoms with Gasteiger partial charge in [0.25, 0.3) is 0 Å². The molecule has 0 aliphatic heterocycles. The zero-order chi connectivity index (χ0) is 55.8. The van der Waals surface area contributed by atoms with Gasteiger partial charge in [-0.3, -0.25) is 0 Å². The summed E-state index contributed by atoms with van der Waals surface area (Å²) in [5.74, 6) is 10.3. The van der Waals surface area contributed by atoms with Crippen molar-refractivity contribution in [2.24, 2.45) is 0 Å². The maximum Gasteiger partial charge on any atom is 0.134 e. The molecule has 12 nitrogen and oxygen atoms in total. The van der Waals surface area contributed by atoms with E-state index in [9.17, 15) is 0 Å². The fourth-order valence-corrected chi connectivity index (χ4v) is 8.05. The average molecular weight is 1040 g/mol. The summed E-state index contributed by atoms with van der Waals surface area (Å²) >= 11 is 0. The second kappa shape index (κ2) is 35.8. The fourth-order valence-electron chi connectivity index (χ4n) is 8.05. The Bertz CT molecular complexity index is 2230. The summed E-state index contributed by atoms with van der Waals surface area (Å²) in [4.78, 5) is 0. The Morgan fingerprint density at radius 3 is 0.893 bits per heavy atom. The van der Waals surface area contributed by atoms with E-state index in [-0.39, 0.29) is 5.41 Å². The van der Waals surface area contributed by atoms with E-state index >= 15 is 0 Å². The van der Waals surface area contributed by atoms with Crippen molar-refractivity contribution in [1.82, 2.24) is 0 Å². The molecule has 0 radical (unpaired) electrons. The Kier molecular flexibility index (Phi) is 31.0. The van der Waals surface area contributed by atoms with Gasteiger partial charge in [-0.15, -0.1) is 0 Å². The molecule has 0 unspecified atom stereocenters. The van der Waals surface area contributed by atoms with E-state index in [0.717, 1.165) is 103 Å². The largest absolute Gasteiger partial charge is 0.494 e. The van der Waals surface area contributed by atoms with Crippen LogP contribution in [-0.2, 0) is 11.8 Å². The van der Waals surface area contributed by atoms with Crippen LogP contribution in [0.4, 0.5) is 0 Å². The zero-order valence-electron chi connectivity index (χ0n) is 49.2. The van der Waals surface area contributed by atoms with Crippen molar-refractivity contribution < 1.29 is 56.8 Å². The first-order valence-electron chi connectivity index (χ1n) is 27.4. The second-order valence-corrected chi connectivity index (χ2v) is 17.6. The predicted octanol–water partition coefficient (Wildman–Crippen LogP) is 16.2. The molecule has 418 valence electrons. The Balaban J connectivity index is 0.000000343. The van der Waals surface area contributed by atoms with Crippen LogP contribution in [0.2, 0.25) is 0 Å². The lowest BCUT2D eigenvalue weighted by molar-refractivity contribution is 0.294. The molecular formula is C63H94O12. The summed E-state index contributed by atoms with van der Waals surface area (Å²) in [6.45, 7) is 44.1. The van der Waals surface area contributed by atoms with Crippen LogP contribution < -0.4 is 56.8 Å². The molecular weight excluding hydrogens is 949 g/mol. The molecule has 0 spiro atoms. The molecule has 5 aromatic rings. The summed E-state index contributed by atoms with van der Waals surface area (Å²) < 4.78 is 68.1. The van der Waals surface area contributed by atoms with Crippen LogP contribution in [0.25, 0.3) is 11.1 Å². The molecule has 5 rings (SSSR count). The minimum Gasteiger partial charge on any atom is -0.494 e. The highest BCUT2D eigenvalue weighted by molar-refractivity contribution is 5.78. The zero-order valence-corrected chi connectivity index (χ0v) is 49.2. The molecule has 0 aliphatic rings. The first-order chi connectivity index (χ1) is 36.1. The van der Waals surface area contributed by atoms with Crippen molar-refractivity contribution in [2.75, 3.05) is 79.3 Å². The van der Waals surface area contributed by atoms with Gasteiger partial charge in [0, 0.05) is 65.2 Å². The average Bonchev–Trinajstić information content (AvgIpc) is 3.36. The van der Waals surface area contributed by atoms with Gasteiger partial charge >= 0.3 is 0 Å². The van der Waals surface area contributed by atoms with Crippen molar-refractivity contribution in [3.63, 3.8) is 0 Å². The van der Waals surface area contributed by atoms with Crippen LogP contribution in [0.5, 0.6) is 69.0 Å². The molecule has 0 saturated carbocycles. The van der Waals surface area contributed by atoms with E-state index in [1.165, 1.54) is 0 Å². The third-order valence-electron chi connectivity index (χ3n) is 10.7. The molecule has 0 saturated heterocycles. The van der Waals surface area contributed by atoms with E-state index in [2.05, 4.69) is 53.7 Å². The summed E-state index contributed by atoms with van der Waals surface area (Å²) in [7, 11) is 0. The predicted molar refractivity (Wildman–Crippen MR) is 307 cm³/mol. The highest BCUT2D eigenvalue weighted by atomic mass is 16.5. The van der Waals surface area contributed by atoms with Crippen molar-refractivity contribution >= 4 is 0 Å².